The fourth-order valence-corrected chi connectivity index (χ4v) is 3.00. The van der Waals surface area contributed by atoms with Crippen LogP contribution in [-0.2, 0) is 0 Å². The molecule has 0 radical (unpaired) electrons. The fourth-order valence-electron chi connectivity index (χ4n) is 3.00. The second-order valence-corrected chi connectivity index (χ2v) is 5.12. The van der Waals surface area contributed by atoms with Crippen LogP contribution >= 0.6 is 0 Å². The van der Waals surface area contributed by atoms with Crippen molar-refractivity contribution in [2.75, 3.05) is 6.61 Å². The molecule has 2 bridgehead atoms. The minimum Gasteiger partial charge on any atom is -0.493 e. The van der Waals surface area contributed by atoms with Crippen LogP contribution in [0.2, 0.25) is 0 Å². The first-order valence-electron chi connectivity index (χ1n) is 6.19. The van der Waals surface area contributed by atoms with Crippen molar-refractivity contribution in [3.8, 4) is 5.75 Å². The average molecular weight is 214 g/mol. The second kappa shape index (κ2) is 3.97. The maximum absolute atomic E-state index is 5.94. The largest absolute Gasteiger partial charge is 0.493 e. The van der Waals surface area contributed by atoms with Crippen LogP contribution < -0.4 is 4.74 Å². The summed E-state index contributed by atoms with van der Waals surface area (Å²) >= 11 is 0. The van der Waals surface area contributed by atoms with Gasteiger partial charge in [-0.3, -0.25) is 0 Å². The van der Waals surface area contributed by atoms with Gasteiger partial charge in [-0.05, 0) is 49.1 Å². The van der Waals surface area contributed by atoms with Gasteiger partial charge in [0.1, 0.15) is 5.75 Å². The van der Waals surface area contributed by atoms with Crippen molar-refractivity contribution < 1.29 is 4.74 Å². The summed E-state index contributed by atoms with van der Waals surface area (Å²) in [5.41, 5.74) is 1.24. The number of aryl methyl sites for hydroxylation is 1. The molecule has 0 aromatic heterocycles. The van der Waals surface area contributed by atoms with E-state index in [1.807, 2.05) is 6.07 Å². The van der Waals surface area contributed by atoms with E-state index in [-0.39, 0.29) is 0 Å². The van der Waals surface area contributed by atoms with Crippen LogP contribution in [0.15, 0.2) is 36.4 Å². The zero-order chi connectivity index (χ0) is 11.0. The van der Waals surface area contributed by atoms with Gasteiger partial charge >= 0.3 is 0 Å². The minimum absolute atomic E-state index is 0.745. The third-order valence-corrected chi connectivity index (χ3v) is 3.96. The summed E-state index contributed by atoms with van der Waals surface area (Å²) < 4.78 is 5.94. The SMILES string of the molecule is Cc1ccccc1OCC1CC2C=CC1C2. The summed E-state index contributed by atoms with van der Waals surface area (Å²) in [6.45, 7) is 2.99. The van der Waals surface area contributed by atoms with E-state index in [2.05, 4.69) is 37.3 Å². The van der Waals surface area contributed by atoms with Crippen molar-refractivity contribution in [1.29, 1.82) is 0 Å². The third-order valence-electron chi connectivity index (χ3n) is 3.96. The van der Waals surface area contributed by atoms with Crippen LogP contribution in [0.5, 0.6) is 5.75 Å². The molecule has 0 amide bonds. The Kier molecular flexibility index (Phi) is 2.47. The Morgan fingerprint density at radius 3 is 2.75 bits per heavy atom. The van der Waals surface area contributed by atoms with Crippen LogP contribution in [0.1, 0.15) is 18.4 Å². The lowest BCUT2D eigenvalue weighted by atomic mass is 9.94. The molecule has 0 aliphatic heterocycles. The summed E-state index contributed by atoms with van der Waals surface area (Å²) in [5, 5.41) is 0. The van der Waals surface area contributed by atoms with E-state index in [1.54, 1.807) is 0 Å². The van der Waals surface area contributed by atoms with Gasteiger partial charge in [-0.15, -0.1) is 0 Å². The van der Waals surface area contributed by atoms with Crippen LogP contribution in [0.25, 0.3) is 0 Å². The molecular formula is C15H18O. The molecule has 3 rings (SSSR count). The Bertz CT molecular complexity index is 408. The zero-order valence-corrected chi connectivity index (χ0v) is 9.73. The van der Waals surface area contributed by atoms with Crippen LogP contribution in [0.4, 0.5) is 0 Å². The molecule has 84 valence electrons. The molecule has 2 aliphatic carbocycles. The van der Waals surface area contributed by atoms with Crippen molar-refractivity contribution in [1.82, 2.24) is 0 Å². The summed E-state index contributed by atoms with van der Waals surface area (Å²) in [7, 11) is 0. The van der Waals surface area contributed by atoms with Crippen molar-refractivity contribution in [2.45, 2.75) is 19.8 Å². The van der Waals surface area contributed by atoms with Crippen LogP contribution in [-0.4, -0.2) is 6.61 Å². The Morgan fingerprint density at radius 2 is 2.06 bits per heavy atom. The molecule has 1 aromatic rings. The smallest absolute Gasteiger partial charge is 0.122 e. The van der Waals surface area contributed by atoms with E-state index in [1.165, 1.54) is 18.4 Å². The van der Waals surface area contributed by atoms with Gasteiger partial charge in [0.05, 0.1) is 6.61 Å². The van der Waals surface area contributed by atoms with Crippen molar-refractivity contribution in [3.63, 3.8) is 0 Å². The van der Waals surface area contributed by atoms with Gasteiger partial charge in [-0.25, -0.2) is 0 Å². The quantitative estimate of drug-likeness (QED) is 0.699. The van der Waals surface area contributed by atoms with E-state index in [0.717, 1.165) is 30.1 Å². The van der Waals surface area contributed by atoms with Gasteiger partial charge in [-0.2, -0.15) is 0 Å². The molecule has 0 spiro atoms. The molecule has 1 heteroatoms. The Labute approximate surface area is 97.1 Å². The number of para-hydroxylation sites is 1. The van der Waals surface area contributed by atoms with Gasteiger partial charge in [0, 0.05) is 0 Å². The van der Waals surface area contributed by atoms with Gasteiger partial charge in [0.2, 0.25) is 0 Å². The number of ether oxygens (including phenoxy) is 1. The predicted octanol–water partition coefficient (Wildman–Crippen LogP) is 3.59. The van der Waals surface area contributed by atoms with Crippen LogP contribution in [0, 0.1) is 24.7 Å². The first-order chi connectivity index (χ1) is 7.83. The van der Waals surface area contributed by atoms with Crippen molar-refractivity contribution >= 4 is 0 Å². The monoisotopic (exact) mass is 214 g/mol. The number of benzene rings is 1. The lowest BCUT2D eigenvalue weighted by Gasteiger charge is -2.19. The average Bonchev–Trinajstić information content (AvgIpc) is 2.90. The summed E-state index contributed by atoms with van der Waals surface area (Å²) in [4.78, 5) is 0. The number of fused-ring (bicyclic) bond motifs is 2. The molecular weight excluding hydrogens is 196 g/mol. The summed E-state index contributed by atoms with van der Waals surface area (Å²) in [6.07, 6.45) is 7.46. The molecule has 1 aromatic carbocycles. The van der Waals surface area contributed by atoms with E-state index in [9.17, 15) is 0 Å². The summed E-state index contributed by atoms with van der Waals surface area (Å²) in [6, 6.07) is 8.28. The molecule has 3 unspecified atom stereocenters. The molecule has 0 saturated heterocycles. The standard InChI is InChI=1S/C15H18O/c1-11-4-2-3-5-15(11)16-10-14-9-12-6-7-13(14)8-12/h2-7,12-14H,8-10H2,1H3. The second-order valence-electron chi connectivity index (χ2n) is 5.12. The highest BCUT2D eigenvalue weighted by Crippen LogP contribution is 2.43. The van der Waals surface area contributed by atoms with Crippen molar-refractivity contribution in [3.05, 3.63) is 42.0 Å². The molecule has 1 nitrogen and oxygen atoms in total. The maximum atomic E-state index is 5.94. The molecule has 1 saturated carbocycles. The minimum atomic E-state index is 0.745. The first kappa shape index (κ1) is 9.95. The maximum Gasteiger partial charge on any atom is 0.122 e. The Balaban J connectivity index is 1.61. The highest BCUT2D eigenvalue weighted by Gasteiger charge is 2.35. The van der Waals surface area contributed by atoms with E-state index in [0.29, 0.717) is 0 Å². The lowest BCUT2D eigenvalue weighted by molar-refractivity contribution is 0.226. The third kappa shape index (κ3) is 1.75. The Hall–Kier alpha value is -1.24. The van der Waals surface area contributed by atoms with E-state index < -0.39 is 0 Å². The molecule has 0 heterocycles. The number of allylic oxidation sites excluding steroid dienone is 2. The highest BCUT2D eigenvalue weighted by molar-refractivity contribution is 5.31. The topological polar surface area (TPSA) is 9.23 Å². The summed E-state index contributed by atoms with van der Waals surface area (Å²) in [5.74, 6) is 3.42. The first-order valence-corrected chi connectivity index (χ1v) is 6.19. The number of hydrogen-bond donors (Lipinski definition) is 0. The molecule has 1 fully saturated rings. The molecule has 0 N–H and O–H groups in total. The van der Waals surface area contributed by atoms with Gasteiger partial charge in [-0.1, -0.05) is 30.4 Å². The number of hydrogen-bond acceptors (Lipinski definition) is 1. The van der Waals surface area contributed by atoms with E-state index >= 15 is 0 Å². The Morgan fingerprint density at radius 1 is 1.19 bits per heavy atom. The fraction of sp³-hybridized carbons (Fsp3) is 0.467. The van der Waals surface area contributed by atoms with E-state index in [4.69, 9.17) is 4.74 Å². The van der Waals surface area contributed by atoms with Gasteiger partial charge < -0.3 is 4.74 Å². The lowest BCUT2D eigenvalue weighted by Crippen LogP contribution is -2.16. The predicted molar refractivity (Wildman–Crippen MR) is 65.5 cm³/mol. The van der Waals surface area contributed by atoms with Crippen molar-refractivity contribution in [2.24, 2.45) is 17.8 Å². The molecule has 3 atom stereocenters. The molecule has 16 heavy (non-hydrogen) atoms. The normalized spacial score (nSPS) is 30.9. The van der Waals surface area contributed by atoms with Gasteiger partial charge in [0.25, 0.3) is 0 Å². The highest BCUT2D eigenvalue weighted by atomic mass is 16.5. The van der Waals surface area contributed by atoms with Crippen LogP contribution in [0.3, 0.4) is 0 Å². The zero-order valence-electron chi connectivity index (χ0n) is 9.73. The number of rotatable bonds is 3. The van der Waals surface area contributed by atoms with Gasteiger partial charge in [0.15, 0.2) is 0 Å². The molecule has 2 aliphatic rings.